The van der Waals surface area contributed by atoms with Crippen molar-refractivity contribution in [2.45, 2.75) is 13.5 Å². The quantitative estimate of drug-likeness (QED) is 0.349. The second kappa shape index (κ2) is 8.05. The molecule has 0 atom stereocenters. The van der Waals surface area contributed by atoms with Gasteiger partial charge in [-0.1, -0.05) is 23.5 Å². The smallest absolute Gasteiger partial charge is 0.352 e. The van der Waals surface area contributed by atoms with Gasteiger partial charge in [0.05, 0.1) is 15.7 Å². The number of nitrogens with two attached hydrogens (primary N) is 2. The summed E-state index contributed by atoms with van der Waals surface area (Å²) in [5, 5.41) is 6.99. The van der Waals surface area contributed by atoms with E-state index in [-0.39, 0.29) is 6.61 Å². The minimum Gasteiger partial charge on any atom is -0.472 e. The predicted molar refractivity (Wildman–Crippen MR) is 106 cm³/mol. The Morgan fingerprint density at radius 2 is 2.15 bits per heavy atom. The number of carbonyl (C=O) groups excluding carboxylic acids is 1. The van der Waals surface area contributed by atoms with Gasteiger partial charge in [-0.05, 0) is 34.5 Å². The van der Waals surface area contributed by atoms with Crippen LogP contribution in [0.1, 0.15) is 11.1 Å². The van der Waals surface area contributed by atoms with Crippen LogP contribution in [0.2, 0.25) is 0 Å². The first kappa shape index (κ1) is 19.3. The topological polar surface area (TPSA) is 116 Å². The Morgan fingerprint density at radius 3 is 2.81 bits per heavy atom. The van der Waals surface area contributed by atoms with E-state index in [2.05, 4.69) is 26.0 Å². The van der Waals surface area contributed by atoms with Crippen LogP contribution in [0.4, 0.5) is 10.5 Å². The maximum absolute atomic E-state index is 12.1. The van der Waals surface area contributed by atoms with Crippen molar-refractivity contribution in [3.8, 4) is 11.0 Å². The van der Waals surface area contributed by atoms with E-state index in [9.17, 15) is 4.79 Å². The third-order valence-electron chi connectivity index (χ3n) is 3.74. The minimum absolute atomic E-state index is 0.190. The summed E-state index contributed by atoms with van der Waals surface area (Å²) in [6.07, 6.45) is 3.48. The fourth-order valence-electron chi connectivity index (χ4n) is 2.36. The van der Waals surface area contributed by atoms with E-state index in [1.807, 2.05) is 19.1 Å². The molecular formula is C16H18BrN7O2S. The van der Waals surface area contributed by atoms with Gasteiger partial charge >= 0.3 is 6.03 Å². The maximum Gasteiger partial charge on any atom is 0.352 e. The lowest BCUT2D eigenvalue weighted by molar-refractivity contribution is 0.216. The molecule has 0 bridgehead atoms. The van der Waals surface area contributed by atoms with Crippen molar-refractivity contribution < 1.29 is 9.53 Å². The Labute approximate surface area is 168 Å². The van der Waals surface area contributed by atoms with E-state index in [1.165, 1.54) is 18.4 Å². The minimum atomic E-state index is -0.541. The SMILES string of the molecule is Cc1cccc(N(N)C(=O)N(C)N)c1COc1ccn(-c2ncc(Br)s2)n1. The van der Waals surface area contributed by atoms with Crippen molar-refractivity contribution in [2.75, 3.05) is 12.1 Å². The number of halogens is 1. The number of hydrogen-bond acceptors (Lipinski definition) is 7. The van der Waals surface area contributed by atoms with Crippen LogP contribution < -0.4 is 21.4 Å². The summed E-state index contributed by atoms with van der Waals surface area (Å²) in [5.74, 6) is 11.9. The highest BCUT2D eigenvalue weighted by molar-refractivity contribution is 9.11. The van der Waals surface area contributed by atoms with E-state index in [0.717, 1.165) is 30.1 Å². The molecule has 4 N–H and O–H groups in total. The highest BCUT2D eigenvalue weighted by Gasteiger charge is 2.19. The molecule has 9 nitrogen and oxygen atoms in total. The summed E-state index contributed by atoms with van der Waals surface area (Å²) in [4.78, 5) is 16.3. The van der Waals surface area contributed by atoms with Crippen molar-refractivity contribution in [3.05, 3.63) is 51.6 Å². The van der Waals surface area contributed by atoms with Crippen molar-refractivity contribution >= 4 is 39.0 Å². The fraction of sp³-hybridized carbons (Fsp3) is 0.188. The van der Waals surface area contributed by atoms with Crippen molar-refractivity contribution in [2.24, 2.45) is 11.7 Å². The number of aryl methyl sites for hydroxylation is 1. The fourth-order valence-corrected chi connectivity index (χ4v) is 3.48. The van der Waals surface area contributed by atoms with Gasteiger partial charge in [0.1, 0.15) is 6.61 Å². The molecule has 2 heterocycles. The highest BCUT2D eigenvalue weighted by atomic mass is 79.9. The zero-order valence-electron chi connectivity index (χ0n) is 14.7. The molecule has 27 heavy (non-hydrogen) atoms. The number of urea groups is 1. The van der Waals surface area contributed by atoms with Crippen molar-refractivity contribution in [1.29, 1.82) is 0 Å². The monoisotopic (exact) mass is 451 g/mol. The molecule has 0 saturated heterocycles. The highest BCUT2D eigenvalue weighted by Crippen LogP contribution is 2.25. The zero-order valence-corrected chi connectivity index (χ0v) is 17.1. The molecule has 0 saturated carbocycles. The second-order valence-electron chi connectivity index (χ2n) is 5.67. The summed E-state index contributed by atoms with van der Waals surface area (Å²) < 4.78 is 8.35. The molecule has 1 aromatic carbocycles. The number of carbonyl (C=O) groups is 1. The van der Waals surface area contributed by atoms with Crippen molar-refractivity contribution in [3.63, 3.8) is 0 Å². The predicted octanol–water partition coefficient (Wildman–Crippen LogP) is 2.58. The molecule has 0 spiro atoms. The first-order valence-corrected chi connectivity index (χ1v) is 9.43. The number of hydrazine groups is 2. The first-order chi connectivity index (χ1) is 12.9. The number of thiazole rings is 1. The molecule has 3 rings (SSSR count). The molecule has 3 aromatic rings. The number of benzene rings is 1. The normalized spacial score (nSPS) is 10.7. The molecule has 2 amide bonds. The van der Waals surface area contributed by atoms with Gasteiger partial charge in [-0.25, -0.2) is 31.2 Å². The van der Waals surface area contributed by atoms with Crippen molar-refractivity contribution in [1.82, 2.24) is 19.8 Å². The number of aromatic nitrogens is 3. The standard InChI is InChI=1S/C16H18BrN7O2S/c1-10-4-3-5-12(24(19)16(25)22(2)18)11(10)9-26-14-6-7-23(21-14)15-20-8-13(17)27-15/h3-8H,9,18-19H2,1-2H3. The van der Waals surface area contributed by atoms with Crippen LogP contribution in [0.3, 0.4) is 0 Å². The van der Waals surface area contributed by atoms with E-state index in [0.29, 0.717) is 11.6 Å². The van der Waals surface area contributed by atoms with Gasteiger partial charge in [0, 0.05) is 24.9 Å². The van der Waals surface area contributed by atoms with Gasteiger partial charge in [0.25, 0.3) is 0 Å². The lowest BCUT2D eigenvalue weighted by atomic mass is 10.1. The molecule has 0 aliphatic rings. The third kappa shape index (κ3) is 4.27. The first-order valence-electron chi connectivity index (χ1n) is 7.82. The average Bonchev–Trinajstić information content (AvgIpc) is 3.28. The molecule has 0 aliphatic carbocycles. The van der Waals surface area contributed by atoms with E-state index < -0.39 is 6.03 Å². The summed E-state index contributed by atoms with van der Waals surface area (Å²) in [7, 11) is 1.43. The van der Waals surface area contributed by atoms with Gasteiger partial charge in [0.15, 0.2) is 0 Å². The summed E-state index contributed by atoms with van der Waals surface area (Å²) in [5.41, 5.74) is 2.21. The van der Waals surface area contributed by atoms with Crippen LogP contribution >= 0.6 is 27.3 Å². The largest absolute Gasteiger partial charge is 0.472 e. The number of amides is 2. The molecule has 0 fully saturated rings. The van der Waals surface area contributed by atoms with Gasteiger partial charge in [-0.2, -0.15) is 0 Å². The Morgan fingerprint density at radius 1 is 1.37 bits per heavy atom. The molecule has 2 aromatic heterocycles. The Hall–Kier alpha value is -2.47. The Kier molecular flexibility index (Phi) is 5.75. The van der Waals surface area contributed by atoms with E-state index in [4.69, 9.17) is 16.4 Å². The van der Waals surface area contributed by atoms with Gasteiger partial charge in [0.2, 0.25) is 11.0 Å². The molecule has 0 unspecified atom stereocenters. The summed E-state index contributed by atoms with van der Waals surface area (Å²) in [6.45, 7) is 2.11. The lowest BCUT2D eigenvalue weighted by Crippen LogP contribution is -2.49. The lowest BCUT2D eigenvalue weighted by Gasteiger charge is -2.24. The number of rotatable bonds is 5. The zero-order chi connectivity index (χ0) is 19.6. The third-order valence-corrected chi connectivity index (χ3v) is 5.21. The van der Waals surface area contributed by atoms with Crippen LogP contribution in [0.25, 0.3) is 5.13 Å². The van der Waals surface area contributed by atoms with Gasteiger partial charge in [-0.15, -0.1) is 5.10 Å². The number of ether oxygens (including phenoxy) is 1. The molecular weight excluding hydrogens is 434 g/mol. The maximum atomic E-state index is 12.1. The molecule has 0 radical (unpaired) electrons. The van der Waals surface area contributed by atoms with Crippen LogP contribution in [0, 0.1) is 6.92 Å². The van der Waals surface area contributed by atoms with Crippen LogP contribution in [0.5, 0.6) is 5.88 Å². The molecule has 11 heteroatoms. The summed E-state index contributed by atoms with van der Waals surface area (Å²) >= 11 is 4.83. The van der Waals surface area contributed by atoms with E-state index >= 15 is 0 Å². The Bertz CT molecular complexity index is 956. The molecule has 142 valence electrons. The van der Waals surface area contributed by atoms with Crippen LogP contribution in [-0.2, 0) is 6.61 Å². The number of nitrogens with zero attached hydrogens (tertiary/aromatic N) is 5. The number of hydrogen-bond donors (Lipinski definition) is 2. The van der Waals surface area contributed by atoms with Crippen LogP contribution in [0.15, 0.2) is 40.4 Å². The van der Waals surface area contributed by atoms with Gasteiger partial charge < -0.3 is 4.74 Å². The second-order valence-corrected chi connectivity index (χ2v) is 8.06. The van der Waals surface area contributed by atoms with E-state index in [1.54, 1.807) is 29.2 Å². The van der Waals surface area contributed by atoms with Gasteiger partial charge in [-0.3, -0.25) is 5.01 Å². The number of anilines is 1. The Balaban J connectivity index is 1.78. The summed E-state index contributed by atoms with van der Waals surface area (Å²) in [6, 6.07) is 6.66. The average molecular weight is 452 g/mol. The molecule has 0 aliphatic heterocycles. The van der Waals surface area contributed by atoms with Crippen LogP contribution in [-0.4, -0.2) is 32.9 Å².